The quantitative estimate of drug-likeness (QED) is 0.140. The molecule has 0 aliphatic carbocycles. The number of aromatic nitrogens is 8. The smallest absolute Gasteiger partial charge is 0.472 e. The van der Waals surface area contributed by atoms with E-state index in [1.165, 1.54) is 21.8 Å². The third-order valence-corrected chi connectivity index (χ3v) is 9.59. The van der Waals surface area contributed by atoms with Crippen LogP contribution in [0, 0.1) is 0 Å². The van der Waals surface area contributed by atoms with Crippen molar-refractivity contribution < 1.29 is 61.4 Å². The van der Waals surface area contributed by atoms with E-state index < -0.39 is 77.9 Å². The molecule has 8 N–H and O–H groups in total. The fraction of sp³-hybridized carbons (Fsp3) is 0.565. The van der Waals surface area contributed by atoms with E-state index in [2.05, 4.69) is 29.9 Å². The number of fused-ring (bicyclic) bond motifs is 4. The molecular formula is C23H30N10O13P2. The van der Waals surface area contributed by atoms with Gasteiger partial charge in [0.1, 0.15) is 48.5 Å². The lowest BCUT2D eigenvalue weighted by Crippen LogP contribution is -2.39. The van der Waals surface area contributed by atoms with Gasteiger partial charge in [-0.05, 0) is 13.8 Å². The number of rotatable bonds is 4. The molecule has 4 aromatic rings. The van der Waals surface area contributed by atoms with Crippen molar-refractivity contribution in [2.45, 2.75) is 69.0 Å². The lowest BCUT2D eigenvalue weighted by Gasteiger charge is -2.27. The second-order valence-electron chi connectivity index (χ2n) is 11.2. The molecule has 10 atom stereocenters. The minimum Gasteiger partial charge on any atom is -0.473 e. The SMILES string of the molecule is CC(C)Oc1nc(N)nc2c1ncn2[C@@H]1O[C@@H]2COP(=O)(O)O[C@H]3[C@@H](O)[C@H](n4cnc5c(N)ncnc54)O[C@@H]3COP(=O)(O)O[C@H]2[C@H]1O. The van der Waals surface area contributed by atoms with Gasteiger partial charge in [0, 0.05) is 0 Å². The zero-order chi connectivity index (χ0) is 34.1. The molecule has 25 heteroatoms. The van der Waals surface area contributed by atoms with Crippen molar-refractivity contribution >= 4 is 49.7 Å². The number of aliphatic hydroxyl groups is 2. The average Bonchev–Trinajstić information content (AvgIpc) is 3.76. The molecule has 23 nitrogen and oxygen atoms in total. The largest absolute Gasteiger partial charge is 0.473 e. The molecule has 3 fully saturated rings. The molecule has 0 saturated carbocycles. The maximum absolute atomic E-state index is 13.2. The summed E-state index contributed by atoms with van der Waals surface area (Å²) in [5.41, 5.74) is 12.3. The van der Waals surface area contributed by atoms with Crippen molar-refractivity contribution in [1.29, 1.82) is 0 Å². The van der Waals surface area contributed by atoms with Gasteiger partial charge < -0.3 is 45.7 Å². The molecule has 7 rings (SSSR count). The Bertz CT molecular complexity index is 1940. The number of nitrogens with zero attached hydrogens (tertiary/aromatic N) is 8. The van der Waals surface area contributed by atoms with Crippen LogP contribution in [0.25, 0.3) is 22.3 Å². The summed E-state index contributed by atoms with van der Waals surface area (Å²) in [5.74, 6) is -0.0715. The molecule has 48 heavy (non-hydrogen) atoms. The summed E-state index contributed by atoms with van der Waals surface area (Å²) in [6.45, 7) is 1.92. The second kappa shape index (κ2) is 12.2. The topological polar surface area (TPSA) is 319 Å². The van der Waals surface area contributed by atoms with E-state index >= 15 is 0 Å². The molecule has 0 radical (unpaired) electrons. The van der Waals surface area contributed by atoms with E-state index in [1.807, 2.05) is 0 Å². The van der Waals surface area contributed by atoms with Crippen molar-refractivity contribution in [3.05, 3.63) is 19.0 Å². The molecule has 0 spiro atoms. The van der Waals surface area contributed by atoms with Crippen molar-refractivity contribution in [3.63, 3.8) is 0 Å². The van der Waals surface area contributed by atoms with Gasteiger partial charge >= 0.3 is 15.6 Å². The van der Waals surface area contributed by atoms with Gasteiger partial charge in [-0.15, -0.1) is 0 Å². The number of hydrogen-bond acceptors (Lipinski definition) is 19. The van der Waals surface area contributed by atoms with Crippen molar-refractivity contribution in [3.8, 4) is 5.88 Å². The van der Waals surface area contributed by atoms with Gasteiger partial charge in [-0.1, -0.05) is 0 Å². The van der Waals surface area contributed by atoms with Crippen LogP contribution < -0.4 is 16.2 Å². The van der Waals surface area contributed by atoms with Gasteiger partial charge in [-0.2, -0.15) is 9.97 Å². The minimum absolute atomic E-state index is 0.0460. The Morgan fingerprint density at radius 2 is 1.38 bits per heavy atom. The predicted octanol–water partition coefficient (Wildman–Crippen LogP) is -0.848. The molecule has 4 aromatic heterocycles. The number of ether oxygens (including phenoxy) is 3. The normalized spacial score (nSPS) is 36.1. The van der Waals surface area contributed by atoms with Crippen LogP contribution in [0.2, 0.25) is 0 Å². The summed E-state index contributed by atoms with van der Waals surface area (Å²) >= 11 is 0. The number of imidazole rings is 2. The third kappa shape index (κ3) is 6.01. The highest BCUT2D eigenvalue weighted by molar-refractivity contribution is 7.47. The van der Waals surface area contributed by atoms with Crippen LogP contribution in [0.5, 0.6) is 5.88 Å². The van der Waals surface area contributed by atoms with Gasteiger partial charge in [0.25, 0.3) is 0 Å². The summed E-state index contributed by atoms with van der Waals surface area (Å²) in [4.78, 5) is 45.9. The molecule has 7 heterocycles. The maximum Gasteiger partial charge on any atom is 0.472 e. The van der Waals surface area contributed by atoms with E-state index in [-0.39, 0.29) is 46.1 Å². The van der Waals surface area contributed by atoms with E-state index in [0.717, 1.165) is 6.33 Å². The first-order valence-electron chi connectivity index (χ1n) is 14.3. The first-order valence-corrected chi connectivity index (χ1v) is 17.3. The summed E-state index contributed by atoms with van der Waals surface area (Å²) in [7, 11) is -10.1. The van der Waals surface area contributed by atoms with Gasteiger partial charge in [0.15, 0.2) is 35.1 Å². The molecule has 0 aromatic carbocycles. The van der Waals surface area contributed by atoms with E-state index in [1.54, 1.807) is 13.8 Å². The molecule has 3 aliphatic heterocycles. The monoisotopic (exact) mass is 716 g/mol. The molecule has 2 unspecified atom stereocenters. The Kier molecular flexibility index (Phi) is 8.38. The number of anilines is 2. The number of aliphatic hydroxyl groups excluding tert-OH is 2. The molecule has 0 bridgehead atoms. The Morgan fingerprint density at radius 1 is 0.833 bits per heavy atom. The van der Waals surface area contributed by atoms with Crippen LogP contribution in [0.15, 0.2) is 19.0 Å². The fourth-order valence-electron chi connectivity index (χ4n) is 5.59. The third-order valence-electron chi connectivity index (χ3n) is 7.62. The van der Waals surface area contributed by atoms with E-state index in [4.69, 9.17) is 43.8 Å². The van der Waals surface area contributed by atoms with Gasteiger partial charge in [0.2, 0.25) is 11.8 Å². The number of phosphoric acid groups is 2. The molecule has 0 amide bonds. The number of nitrogen functional groups attached to an aromatic ring is 2. The zero-order valence-corrected chi connectivity index (χ0v) is 26.7. The van der Waals surface area contributed by atoms with E-state index in [0.29, 0.717) is 0 Å². The Balaban J connectivity index is 1.16. The van der Waals surface area contributed by atoms with Gasteiger partial charge in [-0.3, -0.25) is 27.2 Å². The van der Waals surface area contributed by atoms with Gasteiger partial charge in [-0.25, -0.2) is 29.1 Å². The highest BCUT2D eigenvalue weighted by Crippen LogP contribution is 2.53. The molecule has 3 aliphatic rings. The number of phosphoric ester groups is 2. The lowest BCUT2D eigenvalue weighted by atomic mass is 10.1. The van der Waals surface area contributed by atoms with Gasteiger partial charge in [0.05, 0.1) is 32.0 Å². The van der Waals surface area contributed by atoms with E-state index in [9.17, 15) is 29.1 Å². The standard InChI is InChI=1S/C23H30N10O13P2/c1-8(2)42-20-12-19(30-23(25)31-20)33(7-29-12)22-14(35)16-10(44-22)4-41-47(36,37)45-15-9(3-40-48(38,39)46-16)43-21(13(15)34)32-6-28-11-17(24)26-5-27-18(11)32/h5-10,13-16,21-22,34-35H,3-4H2,1-2H3,(H,36,37)(H,38,39)(H2,24,26,27)(H2,25,30,31)/t9-,10-,13-,14-,15-,16-,21-,22-/m1/s1. The molecule has 260 valence electrons. The minimum atomic E-state index is -5.05. The van der Waals surface area contributed by atoms with Crippen molar-refractivity contribution in [2.75, 3.05) is 24.7 Å². The predicted molar refractivity (Wildman–Crippen MR) is 156 cm³/mol. The zero-order valence-electron chi connectivity index (χ0n) is 24.9. The highest BCUT2D eigenvalue weighted by atomic mass is 31.2. The highest BCUT2D eigenvalue weighted by Gasteiger charge is 2.54. The van der Waals surface area contributed by atoms with Crippen LogP contribution in [0.3, 0.4) is 0 Å². The number of hydrogen-bond donors (Lipinski definition) is 6. The first kappa shape index (κ1) is 33.1. The van der Waals surface area contributed by atoms with Crippen molar-refractivity contribution in [1.82, 2.24) is 39.0 Å². The van der Waals surface area contributed by atoms with Crippen LogP contribution in [0.4, 0.5) is 11.8 Å². The van der Waals surface area contributed by atoms with Crippen molar-refractivity contribution in [2.24, 2.45) is 0 Å². The Hall–Kier alpha value is -3.44. The fourth-order valence-corrected chi connectivity index (χ4v) is 7.51. The Morgan fingerprint density at radius 3 is 1.94 bits per heavy atom. The maximum atomic E-state index is 13.2. The summed E-state index contributed by atoms with van der Waals surface area (Å²) in [5, 5.41) is 22.5. The number of nitrogens with two attached hydrogens (primary N) is 2. The summed E-state index contributed by atoms with van der Waals surface area (Å²) < 4.78 is 67.4. The van der Waals surface area contributed by atoms with Crippen LogP contribution in [-0.4, -0.2) is 115 Å². The summed E-state index contributed by atoms with van der Waals surface area (Å²) in [6.07, 6.45) is -9.02. The molecular weight excluding hydrogens is 686 g/mol. The van der Waals surface area contributed by atoms with Crippen LogP contribution in [0.1, 0.15) is 26.3 Å². The molecule has 3 saturated heterocycles. The first-order chi connectivity index (χ1) is 22.7. The summed E-state index contributed by atoms with van der Waals surface area (Å²) in [6, 6.07) is 0. The van der Waals surface area contributed by atoms with Crippen LogP contribution >= 0.6 is 15.6 Å². The average molecular weight is 716 g/mol. The lowest BCUT2D eigenvalue weighted by molar-refractivity contribution is -0.0664. The Labute approximate surface area is 268 Å². The second-order valence-corrected chi connectivity index (χ2v) is 14.1. The van der Waals surface area contributed by atoms with Crippen LogP contribution in [-0.2, 0) is 36.7 Å².